The molecule has 2 N–H and O–H groups in total. The monoisotopic (exact) mass is 390 g/mol. The Balaban J connectivity index is 1.57. The molecular formula is C23H22N2O2S. The number of benzene rings is 3. The fraction of sp³-hybridized carbons (Fsp3) is 0.130. The predicted octanol–water partition coefficient (Wildman–Crippen LogP) is 5.27. The minimum atomic E-state index is -0.253. The Hall–Kier alpha value is -3.18. The Labute approximate surface area is 170 Å². The van der Waals surface area contributed by atoms with Crippen LogP contribution in [0.15, 0.2) is 78.9 Å². The van der Waals surface area contributed by atoms with Gasteiger partial charge >= 0.3 is 0 Å². The van der Waals surface area contributed by atoms with E-state index < -0.39 is 0 Å². The van der Waals surface area contributed by atoms with Crippen molar-refractivity contribution in [1.29, 1.82) is 0 Å². The van der Waals surface area contributed by atoms with Crippen molar-refractivity contribution >= 4 is 28.9 Å². The number of nitrogens with one attached hydrogen (secondary N) is 2. The largest absolute Gasteiger partial charge is 0.491 e. The van der Waals surface area contributed by atoms with Crippen LogP contribution in [0.1, 0.15) is 24.2 Å². The van der Waals surface area contributed by atoms with Crippen LogP contribution in [0.5, 0.6) is 5.75 Å². The van der Waals surface area contributed by atoms with Gasteiger partial charge in [0.05, 0.1) is 6.10 Å². The number of rotatable bonds is 5. The van der Waals surface area contributed by atoms with Crippen molar-refractivity contribution in [2.45, 2.75) is 20.0 Å². The first-order valence-electron chi connectivity index (χ1n) is 9.06. The molecule has 3 rings (SSSR count). The SMILES string of the molecule is CC(C)Oc1ccc(NC(=S)NC(=O)c2ccc(-c3ccccc3)cc2)cc1. The number of amides is 1. The van der Waals surface area contributed by atoms with Crippen LogP contribution >= 0.6 is 12.2 Å². The third kappa shape index (κ3) is 5.41. The molecule has 0 saturated carbocycles. The van der Waals surface area contributed by atoms with Gasteiger partial charge in [-0.05, 0) is 73.6 Å². The van der Waals surface area contributed by atoms with Crippen LogP contribution in [0.3, 0.4) is 0 Å². The molecule has 0 aliphatic heterocycles. The molecule has 142 valence electrons. The molecule has 0 aliphatic rings. The summed E-state index contributed by atoms with van der Waals surface area (Å²) < 4.78 is 5.61. The third-order valence-corrected chi connectivity index (χ3v) is 4.17. The number of thiocarbonyl (C=S) groups is 1. The van der Waals surface area contributed by atoms with Gasteiger partial charge in [0.2, 0.25) is 0 Å². The first-order valence-corrected chi connectivity index (χ1v) is 9.46. The smallest absolute Gasteiger partial charge is 0.257 e. The third-order valence-electron chi connectivity index (χ3n) is 3.97. The minimum absolute atomic E-state index is 0.118. The zero-order chi connectivity index (χ0) is 19.9. The number of ether oxygens (including phenoxy) is 1. The van der Waals surface area contributed by atoms with Crippen molar-refractivity contribution in [3.8, 4) is 16.9 Å². The summed E-state index contributed by atoms with van der Waals surface area (Å²) in [6, 6.07) is 24.9. The van der Waals surface area contributed by atoms with Crippen LogP contribution in [0.4, 0.5) is 5.69 Å². The molecule has 0 fully saturated rings. The van der Waals surface area contributed by atoms with Crippen LogP contribution in [-0.2, 0) is 0 Å². The molecule has 0 spiro atoms. The molecule has 0 radical (unpaired) electrons. The van der Waals surface area contributed by atoms with E-state index in [2.05, 4.69) is 10.6 Å². The number of carbonyl (C=O) groups is 1. The van der Waals surface area contributed by atoms with Crippen LogP contribution in [0.25, 0.3) is 11.1 Å². The molecule has 0 aromatic heterocycles. The van der Waals surface area contributed by atoms with E-state index in [0.717, 1.165) is 22.6 Å². The van der Waals surface area contributed by atoms with Crippen LogP contribution in [0.2, 0.25) is 0 Å². The predicted molar refractivity (Wildman–Crippen MR) is 118 cm³/mol. The molecule has 1 amide bonds. The van der Waals surface area contributed by atoms with Gasteiger partial charge in [0.25, 0.3) is 5.91 Å². The quantitative estimate of drug-likeness (QED) is 0.583. The van der Waals surface area contributed by atoms with Crippen LogP contribution < -0.4 is 15.4 Å². The standard InChI is InChI=1S/C23H22N2O2S/c1-16(2)27-21-14-12-20(13-15-21)24-23(28)25-22(26)19-10-8-18(9-11-19)17-6-4-3-5-7-17/h3-16H,1-2H3,(H2,24,25,26,28). The van der Waals surface area contributed by atoms with Gasteiger partial charge in [-0.1, -0.05) is 42.5 Å². The maximum atomic E-state index is 12.4. The van der Waals surface area contributed by atoms with Crippen LogP contribution in [0, 0.1) is 0 Å². The van der Waals surface area contributed by atoms with Gasteiger partial charge < -0.3 is 10.1 Å². The Morgan fingerprint density at radius 3 is 2.07 bits per heavy atom. The van der Waals surface area contributed by atoms with Gasteiger partial charge in [-0.15, -0.1) is 0 Å². The van der Waals surface area contributed by atoms with E-state index in [1.807, 2.05) is 80.6 Å². The van der Waals surface area contributed by atoms with E-state index in [1.165, 1.54) is 0 Å². The fourth-order valence-corrected chi connectivity index (χ4v) is 2.88. The minimum Gasteiger partial charge on any atom is -0.491 e. The van der Waals surface area contributed by atoms with Crippen molar-refractivity contribution in [2.75, 3.05) is 5.32 Å². The summed E-state index contributed by atoms with van der Waals surface area (Å²) in [4.78, 5) is 12.4. The second-order valence-corrected chi connectivity index (χ2v) is 6.95. The van der Waals surface area contributed by atoms with Gasteiger partial charge in [0.1, 0.15) is 5.75 Å². The molecule has 3 aromatic rings. The number of hydrogen-bond donors (Lipinski definition) is 2. The summed E-state index contributed by atoms with van der Waals surface area (Å²) in [6.07, 6.45) is 0.118. The molecule has 0 atom stereocenters. The van der Waals surface area contributed by atoms with Crippen molar-refractivity contribution < 1.29 is 9.53 Å². The first-order chi connectivity index (χ1) is 13.5. The lowest BCUT2D eigenvalue weighted by Gasteiger charge is -2.12. The number of anilines is 1. The van der Waals surface area contributed by atoms with Gasteiger partial charge in [-0.25, -0.2) is 0 Å². The summed E-state index contributed by atoms with van der Waals surface area (Å²) in [6.45, 7) is 3.95. The van der Waals surface area contributed by atoms with Crippen molar-refractivity contribution in [1.82, 2.24) is 5.32 Å². The second kappa shape index (κ2) is 9.15. The highest BCUT2D eigenvalue weighted by molar-refractivity contribution is 7.80. The maximum Gasteiger partial charge on any atom is 0.257 e. The lowest BCUT2D eigenvalue weighted by Crippen LogP contribution is -2.34. The van der Waals surface area contributed by atoms with E-state index in [1.54, 1.807) is 12.1 Å². The first kappa shape index (κ1) is 19.6. The van der Waals surface area contributed by atoms with Gasteiger partial charge in [0.15, 0.2) is 5.11 Å². The normalized spacial score (nSPS) is 10.4. The highest BCUT2D eigenvalue weighted by atomic mass is 32.1. The fourth-order valence-electron chi connectivity index (χ4n) is 2.67. The molecule has 0 saturated heterocycles. The van der Waals surface area contributed by atoms with Crippen LogP contribution in [-0.4, -0.2) is 17.1 Å². The second-order valence-electron chi connectivity index (χ2n) is 6.54. The van der Waals surface area contributed by atoms with E-state index >= 15 is 0 Å². The van der Waals surface area contributed by atoms with Crippen molar-refractivity contribution in [2.24, 2.45) is 0 Å². The highest BCUT2D eigenvalue weighted by Gasteiger charge is 2.09. The summed E-state index contributed by atoms with van der Waals surface area (Å²) in [5, 5.41) is 5.95. The zero-order valence-electron chi connectivity index (χ0n) is 15.8. The molecule has 3 aromatic carbocycles. The van der Waals surface area contributed by atoms with Crippen molar-refractivity contribution in [3.63, 3.8) is 0 Å². The van der Waals surface area contributed by atoms with Crippen molar-refractivity contribution in [3.05, 3.63) is 84.4 Å². The Morgan fingerprint density at radius 1 is 0.857 bits per heavy atom. The lowest BCUT2D eigenvalue weighted by atomic mass is 10.0. The van der Waals surface area contributed by atoms with E-state index in [4.69, 9.17) is 17.0 Å². The summed E-state index contributed by atoms with van der Waals surface area (Å²) in [5.74, 6) is 0.533. The van der Waals surface area contributed by atoms with Gasteiger partial charge in [0, 0.05) is 11.3 Å². The van der Waals surface area contributed by atoms with Gasteiger partial charge in [-0.3, -0.25) is 10.1 Å². The lowest BCUT2D eigenvalue weighted by molar-refractivity contribution is 0.0977. The Kier molecular flexibility index (Phi) is 6.40. The summed E-state index contributed by atoms with van der Waals surface area (Å²) in [7, 11) is 0. The molecule has 0 unspecified atom stereocenters. The number of carbonyl (C=O) groups excluding carboxylic acids is 1. The molecular weight excluding hydrogens is 368 g/mol. The topological polar surface area (TPSA) is 50.4 Å². The van der Waals surface area contributed by atoms with E-state index in [0.29, 0.717) is 5.56 Å². The van der Waals surface area contributed by atoms with E-state index in [-0.39, 0.29) is 17.1 Å². The summed E-state index contributed by atoms with van der Waals surface area (Å²) >= 11 is 5.24. The molecule has 4 nitrogen and oxygen atoms in total. The molecule has 0 heterocycles. The Morgan fingerprint density at radius 2 is 1.46 bits per heavy atom. The molecule has 0 aliphatic carbocycles. The molecule has 28 heavy (non-hydrogen) atoms. The maximum absolute atomic E-state index is 12.4. The average Bonchev–Trinajstić information content (AvgIpc) is 2.70. The highest BCUT2D eigenvalue weighted by Crippen LogP contribution is 2.19. The molecule has 5 heteroatoms. The van der Waals surface area contributed by atoms with E-state index in [9.17, 15) is 4.79 Å². The average molecular weight is 391 g/mol. The summed E-state index contributed by atoms with van der Waals surface area (Å²) in [5.41, 5.74) is 3.49. The number of hydrogen-bond acceptors (Lipinski definition) is 3. The zero-order valence-corrected chi connectivity index (χ0v) is 16.6. The molecule has 0 bridgehead atoms. The Bertz CT molecular complexity index is 937. The van der Waals surface area contributed by atoms with Gasteiger partial charge in [-0.2, -0.15) is 0 Å².